The van der Waals surface area contributed by atoms with Crippen LogP contribution in [0.2, 0.25) is 5.02 Å². The van der Waals surface area contributed by atoms with E-state index in [1.807, 2.05) is 0 Å². The molecule has 0 saturated carbocycles. The number of alkyl halides is 3. The summed E-state index contributed by atoms with van der Waals surface area (Å²) in [7, 11) is 1.56. The Balaban J connectivity index is 2.25. The smallest absolute Gasteiger partial charge is 0.344 e. The predicted molar refractivity (Wildman–Crippen MR) is 80.3 cm³/mol. The Morgan fingerprint density at radius 1 is 1.35 bits per heavy atom. The molecule has 0 fully saturated rings. The van der Waals surface area contributed by atoms with Crippen molar-refractivity contribution >= 4 is 17.5 Å². The van der Waals surface area contributed by atoms with Gasteiger partial charge in [0.05, 0.1) is 18.2 Å². The maximum absolute atomic E-state index is 12.8. The lowest BCUT2D eigenvalue weighted by atomic mass is 10.0. The topological polar surface area (TPSA) is 46.9 Å². The summed E-state index contributed by atoms with van der Waals surface area (Å²) < 4.78 is 39.8. The third-order valence-electron chi connectivity index (χ3n) is 3.25. The highest BCUT2D eigenvalue weighted by Crippen LogP contribution is 2.30. The molecular weight excluding hydrogens is 331 g/mol. The fraction of sp³-hybridized carbons (Fsp3) is 0.333. The van der Waals surface area contributed by atoms with Gasteiger partial charge in [0.2, 0.25) is 0 Å². The molecule has 124 valence electrons. The molecule has 0 bridgehead atoms. The molecule has 1 amide bonds. The van der Waals surface area contributed by atoms with E-state index in [0.29, 0.717) is 16.3 Å². The lowest BCUT2D eigenvalue weighted by molar-refractivity contribution is -0.139. The standard InChI is InChI=1S/C15H15ClF3N3O/c1-9-7-13(22(2)21-9)14(23)20-12(8-15(17,18)19)10-3-5-11(16)6-4-10/h3-7,12H,8H2,1-2H3,(H,20,23)/t12-/m1/s1. The van der Waals surface area contributed by atoms with Gasteiger partial charge in [0.25, 0.3) is 5.91 Å². The molecule has 1 heterocycles. The van der Waals surface area contributed by atoms with Gasteiger partial charge in [-0.15, -0.1) is 0 Å². The molecule has 0 unspecified atom stereocenters. The number of amides is 1. The molecule has 0 radical (unpaired) electrons. The molecule has 0 aliphatic heterocycles. The Morgan fingerprint density at radius 3 is 2.43 bits per heavy atom. The van der Waals surface area contributed by atoms with E-state index in [4.69, 9.17) is 11.6 Å². The molecule has 0 saturated heterocycles. The normalized spacial score (nSPS) is 13.0. The van der Waals surface area contributed by atoms with Gasteiger partial charge < -0.3 is 5.32 Å². The van der Waals surface area contributed by atoms with E-state index in [-0.39, 0.29) is 5.69 Å². The number of nitrogens with zero attached hydrogens (tertiary/aromatic N) is 2. The third-order valence-corrected chi connectivity index (χ3v) is 3.50. The van der Waals surface area contributed by atoms with Crippen LogP contribution in [0, 0.1) is 6.92 Å². The zero-order chi connectivity index (χ0) is 17.2. The predicted octanol–water partition coefficient (Wildman–Crippen LogP) is 3.81. The van der Waals surface area contributed by atoms with E-state index in [2.05, 4.69) is 10.4 Å². The lowest BCUT2D eigenvalue weighted by Gasteiger charge is -2.21. The van der Waals surface area contributed by atoms with E-state index in [9.17, 15) is 18.0 Å². The molecule has 1 aromatic carbocycles. The zero-order valence-corrected chi connectivity index (χ0v) is 13.2. The van der Waals surface area contributed by atoms with Crippen molar-refractivity contribution in [1.82, 2.24) is 15.1 Å². The van der Waals surface area contributed by atoms with Gasteiger partial charge in [0.1, 0.15) is 5.69 Å². The van der Waals surface area contributed by atoms with E-state index in [1.54, 1.807) is 14.0 Å². The first-order valence-electron chi connectivity index (χ1n) is 6.79. The van der Waals surface area contributed by atoms with Gasteiger partial charge in [-0.1, -0.05) is 23.7 Å². The Bertz CT molecular complexity index is 695. The first-order chi connectivity index (χ1) is 10.7. The van der Waals surface area contributed by atoms with Crippen molar-refractivity contribution in [1.29, 1.82) is 0 Å². The summed E-state index contributed by atoms with van der Waals surface area (Å²) in [5.41, 5.74) is 1.14. The molecule has 1 atom stereocenters. The van der Waals surface area contributed by atoms with Gasteiger partial charge in [-0.25, -0.2) is 0 Å². The van der Waals surface area contributed by atoms with Gasteiger partial charge in [-0.05, 0) is 30.7 Å². The van der Waals surface area contributed by atoms with Gasteiger partial charge in [-0.3, -0.25) is 9.48 Å². The number of aryl methyl sites for hydroxylation is 2. The molecule has 8 heteroatoms. The second kappa shape index (κ2) is 6.62. The average molecular weight is 346 g/mol. The first-order valence-corrected chi connectivity index (χ1v) is 7.17. The van der Waals surface area contributed by atoms with Crippen molar-refractivity contribution in [2.45, 2.75) is 25.6 Å². The second-order valence-corrected chi connectivity index (χ2v) is 5.63. The van der Waals surface area contributed by atoms with Crippen molar-refractivity contribution in [3.63, 3.8) is 0 Å². The number of hydrogen-bond acceptors (Lipinski definition) is 2. The minimum absolute atomic E-state index is 0.198. The number of carbonyl (C=O) groups excluding carboxylic acids is 1. The number of benzene rings is 1. The second-order valence-electron chi connectivity index (χ2n) is 5.19. The highest BCUT2D eigenvalue weighted by Gasteiger charge is 2.34. The van der Waals surface area contributed by atoms with E-state index in [1.165, 1.54) is 35.0 Å². The van der Waals surface area contributed by atoms with E-state index in [0.717, 1.165) is 0 Å². The zero-order valence-electron chi connectivity index (χ0n) is 12.5. The summed E-state index contributed by atoms with van der Waals surface area (Å²) in [5, 5.41) is 6.84. The SMILES string of the molecule is Cc1cc(C(=O)N[C@H](CC(F)(F)F)c2ccc(Cl)cc2)n(C)n1. The highest BCUT2D eigenvalue weighted by atomic mass is 35.5. The van der Waals surface area contributed by atoms with Crippen LogP contribution in [-0.2, 0) is 7.05 Å². The lowest BCUT2D eigenvalue weighted by Crippen LogP contribution is -2.33. The Morgan fingerprint density at radius 2 is 1.96 bits per heavy atom. The van der Waals surface area contributed by atoms with Crippen molar-refractivity contribution in [3.8, 4) is 0 Å². The van der Waals surface area contributed by atoms with Crippen LogP contribution in [0.1, 0.15) is 34.2 Å². The quantitative estimate of drug-likeness (QED) is 0.916. The molecule has 2 aromatic rings. The molecule has 4 nitrogen and oxygen atoms in total. The van der Waals surface area contributed by atoms with E-state index >= 15 is 0 Å². The summed E-state index contributed by atoms with van der Waals surface area (Å²) >= 11 is 5.75. The van der Waals surface area contributed by atoms with Crippen LogP contribution < -0.4 is 5.32 Å². The molecule has 1 N–H and O–H groups in total. The van der Waals surface area contributed by atoms with Crippen LogP contribution in [-0.4, -0.2) is 21.9 Å². The van der Waals surface area contributed by atoms with Gasteiger partial charge in [0.15, 0.2) is 0 Å². The van der Waals surface area contributed by atoms with Gasteiger partial charge in [-0.2, -0.15) is 18.3 Å². The Kier molecular flexibility index (Phi) is 4.99. The summed E-state index contributed by atoms with van der Waals surface area (Å²) in [4.78, 5) is 12.3. The molecule has 2 rings (SSSR count). The summed E-state index contributed by atoms with van der Waals surface area (Å²) in [6, 6.07) is 6.22. The minimum atomic E-state index is -4.42. The molecule has 0 aliphatic carbocycles. The van der Waals surface area contributed by atoms with Crippen molar-refractivity contribution in [2.75, 3.05) is 0 Å². The fourth-order valence-corrected chi connectivity index (χ4v) is 2.36. The number of hydrogen-bond donors (Lipinski definition) is 1. The monoisotopic (exact) mass is 345 g/mol. The number of halogens is 4. The van der Waals surface area contributed by atoms with Crippen LogP contribution in [0.3, 0.4) is 0 Å². The molecule has 0 spiro atoms. The Hall–Kier alpha value is -2.02. The minimum Gasteiger partial charge on any atom is -0.344 e. The summed E-state index contributed by atoms with van der Waals surface area (Å²) in [5.74, 6) is -0.614. The first kappa shape index (κ1) is 17.3. The molecular formula is C15H15ClF3N3O. The third kappa shape index (κ3) is 4.72. The van der Waals surface area contributed by atoms with Gasteiger partial charge in [0, 0.05) is 12.1 Å². The summed E-state index contributed by atoms with van der Waals surface area (Å²) in [6.45, 7) is 1.70. The summed E-state index contributed by atoms with van der Waals surface area (Å²) in [6.07, 6.45) is -5.59. The van der Waals surface area contributed by atoms with Crippen molar-refractivity contribution < 1.29 is 18.0 Å². The van der Waals surface area contributed by atoms with Crippen molar-refractivity contribution in [3.05, 3.63) is 52.3 Å². The number of aromatic nitrogens is 2. The van der Waals surface area contributed by atoms with Crippen LogP contribution in [0.25, 0.3) is 0 Å². The maximum Gasteiger partial charge on any atom is 0.391 e. The van der Waals surface area contributed by atoms with Crippen LogP contribution in [0.4, 0.5) is 13.2 Å². The highest BCUT2D eigenvalue weighted by molar-refractivity contribution is 6.30. The number of nitrogens with one attached hydrogen (secondary N) is 1. The molecule has 1 aromatic heterocycles. The molecule has 0 aliphatic rings. The average Bonchev–Trinajstić information content (AvgIpc) is 2.76. The molecule has 23 heavy (non-hydrogen) atoms. The fourth-order valence-electron chi connectivity index (χ4n) is 2.23. The van der Waals surface area contributed by atoms with Gasteiger partial charge >= 0.3 is 6.18 Å². The van der Waals surface area contributed by atoms with E-state index < -0.39 is 24.5 Å². The van der Waals surface area contributed by atoms with Crippen LogP contribution in [0.15, 0.2) is 30.3 Å². The number of rotatable bonds is 4. The van der Waals surface area contributed by atoms with Crippen LogP contribution in [0.5, 0.6) is 0 Å². The largest absolute Gasteiger partial charge is 0.391 e. The van der Waals surface area contributed by atoms with Crippen LogP contribution >= 0.6 is 11.6 Å². The number of carbonyl (C=O) groups is 1. The maximum atomic E-state index is 12.8. The van der Waals surface area contributed by atoms with Crippen molar-refractivity contribution in [2.24, 2.45) is 7.05 Å². The Labute approximate surface area is 136 Å².